The lowest BCUT2D eigenvalue weighted by Crippen LogP contribution is -2.28. The maximum absolute atomic E-state index is 10.7. The van der Waals surface area contributed by atoms with Gasteiger partial charge in [-0.1, -0.05) is 12.2 Å². The molecule has 1 rings (SSSR count). The van der Waals surface area contributed by atoms with Crippen molar-refractivity contribution in [3.8, 4) is 0 Å². The van der Waals surface area contributed by atoms with Gasteiger partial charge < -0.3 is 5.73 Å². The molecular formula is C9H12N2O. The topological polar surface area (TPSA) is 55.5 Å². The van der Waals surface area contributed by atoms with Crippen LogP contribution in [0.15, 0.2) is 29.8 Å². The number of rotatable bonds is 4. The van der Waals surface area contributed by atoms with Crippen LogP contribution in [0.5, 0.6) is 0 Å². The maximum atomic E-state index is 10.7. The minimum absolute atomic E-state index is 0.256. The number of amides is 1. The number of primary amides is 1. The molecule has 0 spiro atoms. The summed E-state index contributed by atoms with van der Waals surface area (Å²) in [6.45, 7) is 3.62. The van der Waals surface area contributed by atoms with E-state index >= 15 is 0 Å². The second kappa shape index (κ2) is 3.34. The molecule has 0 saturated carbocycles. The first kappa shape index (κ1) is 8.71. The van der Waals surface area contributed by atoms with Gasteiger partial charge in [-0.3, -0.25) is 9.79 Å². The van der Waals surface area contributed by atoms with Crippen LogP contribution in [0.1, 0.15) is 12.8 Å². The van der Waals surface area contributed by atoms with E-state index in [9.17, 15) is 4.79 Å². The number of carbonyl (C=O) groups excluding carboxylic acids is 1. The summed E-state index contributed by atoms with van der Waals surface area (Å²) in [5.74, 6) is -0.333. The Morgan fingerprint density at radius 3 is 2.92 bits per heavy atom. The summed E-state index contributed by atoms with van der Waals surface area (Å²) in [6.07, 6.45) is 8.06. The Kier molecular flexibility index (Phi) is 2.43. The Hall–Kier alpha value is -1.38. The molecular weight excluding hydrogens is 152 g/mol. The lowest BCUT2D eigenvalue weighted by Gasteiger charge is -2.20. The fourth-order valence-corrected chi connectivity index (χ4v) is 1.31. The van der Waals surface area contributed by atoms with E-state index in [0.29, 0.717) is 6.42 Å². The highest BCUT2D eigenvalue weighted by molar-refractivity contribution is 5.80. The number of allylic oxidation sites excluding steroid dienone is 1. The zero-order chi connectivity index (χ0) is 9.03. The van der Waals surface area contributed by atoms with Crippen LogP contribution in [0.25, 0.3) is 0 Å². The van der Waals surface area contributed by atoms with Crippen LogP contribution in [0.2, 0.25) is 0 Å². The molecule has 0 aromatic rings. The maximum Gasteiger partial charge on any atom is 0.220 e. The van der Waals surface area contributed by atoms with E-state index in [1.165, 1.54) is 0 Å². The Balaban J connectivity index is 2.73. The van der Waals surface area contributed by atoms with E-state index in [1.54, 1.807) is 12.3 Å². The van der Waals surface area contributed by atoms with Crippen molar-refractivity contribution >= 4 is 12.1 Å². The Bertz CT molecular complexity index is 241. The van der Waals surface area contributed by atoms with Crippen LogP contribution in [0.3, 0.4) is 0 Å². The van der Waals surface area contributed by atoms with Crippen LogP contribution in [0, 0.1) is 0 Å². The number of nitrogens with two attached hydrogens (primary N) is 1. The van der Waals surface area contributed by atoms with E-state index in [0.717, 1.165) is 0 Å². The Labute approximate surface area is 71.7 Å². The molecule has 3 nitrogen and oxygen atoms in total. The molecule has 0 aromatic heterocycles. The van der Waals surface area contributed by atoms with Gasteiger partial charge in [-0.2, -0.15) is 0 Å². The molecule has 64 valence electrons. The summed E-state index contributed by atoms with van der Waals surface area (Å²) in [5, 5.41) is 0. The molecule has 12 heavy (non-hydrogen) atoms. The molecule has 2 N–H and O–H groups in total. The van der Waals surface area contributed by atoms with Crippen LogP contribution in [-0.4, -0.2) is 17.7 Å². The zero-order valence-corrected chi connectivity index (χ0v) is 6.86. The zero-order valence-electron chi connectivity index (χ0n) is 6.86. The first-order valence-electron chi connectivity index (χ1n) is 3.81. The molecule has 0 fully saturated rings. The largest absolute Gasteiger partial charge is 0.370 e. The van der Waals surface area contributed by atoms with Gasteiger partial charge in [0.05, 0.1) is 12.0 Å². The Morgan fingerprint density at radius 1 is 1.75 bits per heavy atom. The monoisotopic (exact) mass is 164 g/mol. The lowest BCUT2D eigenvalue weighted by atomic mass is 9.92. The van der Waals surface area contributed by atoms with Crippen molar-refractivity contribution in [3.63, 3.8) is 0 Å². The highest BCUT2D eigenvalue weighted by Crippen LogP contribution is 2.25. The second-order valence-electron chi connectivity index (χ2n) is 2.88. The fraction of sp³-hybridized carbons (Fsp3) is 0.333. The highest BCUT2D eigenvalue weighted by Gasteiger charge is 2.28. The summed E-state index contributed by atoms with van der Waals surface area (Å²) < 4.78 is 0. The minimum Gasteiger partial charge on any atom is -0.370 e. The molecule has 0 saturated heterocycles. The van der Waals surface area contributed by atoms with Crippen molar-refractivity contribution in [3.05, 3.63) is 24.8 Å². The van der Waals surface area contributed by atoms with Crippen LogP contribution in [-0.2, 0) is 4.79 Å². The third-order valence-electron chi connectivity index (χ3n) is 1.80. The average molecular weight is 164 g/mol. The molecule has 0 bridgehead atoms. The standard InChI is InChI=1S/C9H12N2O/c1-2-4-9(7-8(10)12)5-3-6-11-9/h2-3,5-6H,1,4,7H2,(H2,10,12). The van der Waals surface area contributed by atoms with Crippen LogP contribution < -0.4 is 5.73 Å². The number of hydrogen-bond donors (Lipinski definition) is 1. The number of aliphatic imine (C=N–C) groups is 1. The Morgan fingerprint density at radius 2 is 2.50 bits per heavy atom. The normalized spacial score (nSPS) is 26.0. The van der Waals surface area contributed by atoms with Gasteiger partial charge in [0.2, 0.25) is 5.91 Å². The van der Waals surface area contributed by atoms with E-state index in [4.69, 9.17) is 5.73 Å². The predicted molar refractivity (Wildman–Crippen MR) is 49.0 cm³/mol. The summed E-state index contributed by atoms with van der Waals surface area (Å²) in [7, 11) is 0. The number of hydrogen-bond acceptors (Lipinski definition) is 2. The predicted octanol–water partition coefficient (Wildman–Crippen LogP) is 0.817. The van der Waals surface area contributed by atoms with Crippen molar-refractivity contribution in [2.24, 2.45) is 10.7 Å². The van der Waals surface area contributed by atoms with Gasteiger partial charge in [0.15, 0.2) is 0 Å². The summed E-state index contributed by atoms with van der Waals surface area (Å²) in [4.78, 5) is 14.9. The van der Waals surface area contributed by atoms with Gasteiger partial charge in [0, 0.05) is 6.21 Å². The van der Waals surface area contributed by atoms with Crippen LogP contribution >= 0.6 is 0 Å². The molecule has 1 aliphatic rings. The first-order chi connectivity index (χ1) is 5.68. The average Bonchev–Trinajstić information content (AvgIpc) is 2.36. The summed E-state index contributed by atoms with van der Waals surface area (Å²) in [6, 6.07) is 0. The fourth-order valence-electron chi connectivity index (χ4n) is 1.31. The third-order valence-corrected chi connectivity index (χ3v) is 1.80. The minimum atomic E-state index is -0.437. The molecule has 1 unspecified atom stereocenters. The van der Waals surface area contributed by atoms with E-state index in [1.807, 2.05) is 12.2 Å². The van der Waals surface area contributed by atoms with Gasteiger partial charge in [0.1, 0.15) is 0 Å². The summed E-state index contributed by atoms with van der Waals surface area (Å²) >= 11 is 0. The van der Waals surface area contributed by atoms with Crippen molar-refractivity contribution < 1.29 is 4.79 Å². The van der Waals surface area contributed by atoms with E-state index < -0.39 is 5.54 Å². The van der Waals surface area contributed by atoms with Gasteiger partial charge in [-0.15, -0.1) is 6.58 Å². The van der Waals surface area contributed by atoms with Crippen LogP contribution in [0.4, 0.5) is 0 Å². The van der Waals surface area contributed by atoms with E-state index in [-0.39, 0.29) is 12.3 Å². The van der Waals surface area contributed by atoms with Gasteiger partial charge in [0.25, 0.3) is 0 Å². The molecule has 0 aliphatic carbocycles. The molecule has 0 aromatic carbocycles. The first-order valence-corrected chi connectivity index (χ1v) is 3.81. The molecule has 3 heteroatoms. The lowest BCUT2D eigenvalue weighted by molar-refractivity contribution is -0.118. The second-order valence-corrected chi connectivity index (χ2v) is 2.88. The molecule has 0 radical (unpaired) electrons. The van der Waals surface area contributed by atoms with Crippen molar-refractivity contribution in [1.82, 2.24) is 0 Å². The van der Waals surface area contributed by atoms with Crippen molar-refractivity contribution in [2.75, 3.05) is 0 Å². The van der Waals surface area contributed by atoms with Gasteiger partial charge in [-0.05, 0) is 12.5 Å². The molecule has 1 aliphatic heterocycles. The summed E-state index contributed by atoms with van der Waals surface area (Å²) in [5.41, 5.74) is 4.67. The number of nitrogens with zero attached hydrogens (tertiary/aromatic N) is 1. The van der Waals surface area contributed by atoms with Gasteiger partial charge in [-0.25, -0.2) is 0 Å². The van der Waals surface area contributed by atoms with Crippen molar-refractivity contribution in [2.45, 2.75) is 18.4 Å². The molecule has 1 heterocycles. The quantitative estimate of drug-likeness (QED) is 0.614. The van der Waals surface area contributed by atoms with Gasteiger partial charge >= 0.3 is 0 Å². The van der Waals surface area contributed by atoms with Crippen molar-refractivity contribution in [1.29, 1.82) is 0 Å². The highest BCUT2D eigenvalue weighted by atomic mass is 16.1. The third kappa shape index (κ3) is 1.81. The molecule has 1 atom stereocenters. The van der Waals surface area contributed by atoms with E-state index in [2.05, 4.69) is 11.6 Å². The SMILES string of the molecule is C=CCC1(CC(N)=O)C=CC=N1. The number of carbonyl (C=O) groups is 1. The molecule has 1 amide bonds. The smallest absolute Gasteiger partial charge is 0.220 e.